The predicted molar refractivity (Wildman–Crippen MR) is 55.9 cm³/mol. The van der Waals surface area contributed by atoms with Gasteiger partial charge in [-0.3, -0.25) is 4.98 Å². The highest BCUT2D eigenvalue weighted by Crippen LogP contribution is 2.18. The summed E-state index contributed by atoms with van der Waals surface area (Å²) in [6.45, 7) is 5.86. The molecule has 70 valence electrons. The lowest BCUT2D eigenvalue weighted by Gasteiger charge is -2.15. The standard InChI is InChI=1S/C10H13ClN2/c1-7(2)10(12-3)9-5-4-8(11)6-13-9/h4-6,10,12H,1H2,2-3H3. The van der Waals surface area contributed by atoms with Crippen LogP contribution in [0.25, 0.3) is 0 Å². The Labute approximate surface area is 83.6 Å². The second kappa shape index (κ2) is 4.40. The summed E-state index contributed by atoms with van der Waals surface area (Å²) in [5, 5.41) is 3.79. The Bertz CT molecular complexity index is 292. The zero-order chi connectivity index (χ0) is 9.84. The zero-order valence-electron chi connectivity index (χ0n) is 7.84. The van der Waals surface area contributed by atoms with Crippen LogP contribution in [0.5, 0.6) is 0 Å². The van der Waals surface area contributed by atoms with Crippen molar-refractivity contribution in [1.29, 1.82) is 0 Å². The Morgan fingerprint density at radius 2 is 2.31 bits per heavy atom. The van der Waals surface area contributed by atoms with Crippen molar-refractivity contribution in [3.63, 3.8) is 0 Å². The lowest BCUT2D eigenvalue weighted by molar-refractivity contribution is 0.660. The van der Waals surface area contributed by atoms with Gasteiger partial charge in [0.25, 0.3) is 0 Å². The maximum atomic E-state index is 5.73. The molecule has 2 nitrogen and oxygen atoms in total. The number of nitrogens with zero attached hydrogens (tertiary/aromatic N) is 1. The molecule has 1 heterocycles. The fraction of sp³-hybridized carbons (Fsp3) is 0.300. The number of rotatable bonds is 3. The van der Waals surface area contributed by atoms with Gasteiger partial charge in [0.1, 0.15) is 0 Å². The van der Waals surface area contributed by atoms with Gasteiger partial charge in [-0.05, 0) is 26.1 Å². The summed E-state index contributed by atoms with van der Waals surface area (Å²) in [6, 6.07) is 3.84. The van der Waals surface area contributed by atoms with Crippen molar-refractivity contribution in [2.45, 2.75) is 13.0 Å². The molecule has 1 atom stereocenters. The number of aromatic nitrogens is 1. The molecule has 0 bridgehead atoms. The molecule has 0 aliphatic carbocycles. The smallest absolute Gasteiger partial charge is 0.0703 e. The Hall–Kier alpha value is -0.860. The molecule has 0 aliphatic heterocycles. The summed E-state index contributed by atoms with van der Waals surface area (Å²) in [5.74, 6) is 0. The minimum atomic E-state index is 0.109. The van der Waals surface area contributed by atoms with Crippen molar-refractivity contribution in [2.75, 3.05) is 7.05 Å². The first kappa shape index (κ1) is 10.2. The minimum absolute atomic E-state index is 0.109. The SMILES string of the molecule is C=C(C)C(NC)c1ccc(Cl)cn1. The van der Waals surface area contributed by atoms with E-state index in [-0.39, 0.29) is 6.04 Å². The molecule has 1 aromatic rings. The van der Waals surface area contributed by atoms with E-state index in [1.165, 1.54) is 0 Å². The molecule has 0 fully saturated rings. The van der Waals surface area contributed by atoms with Crippen molar-refractivity contribution >= 4 is 11.6 Å². The van der Waals surface area contributed by atoms with Crippen LogP contribution in [0.3, 0.4) is 0 Å². The molecule has 0 saturated heterocycles. The summed E-state index contributed by atoms with van der Waals surface area (Å²) in [5.41, 5.74) is 1.98. The fourth-order valence-corrected chi connectivity index (χ4v) is 1.32. The fourth-order valence-electron chi connectivity index (χ4n) is 1.20. The summed E-state index contributed by atoms with van der Waals surface area (Å²) >= 11 is 5.73. The first-order valence-electron chi connectivity index (χ1n) is 4.09. The molecule has 0 saturated carbocycles. The van der Waals surface area contributed by atoms with Gasteiger partial charge in [-0.15, -0.1) is 0 Å². The molecule has 0 aromatic carbocycles. The topological polar surface area (TPSA) is 24.9 Å². The maximum absolute atomic E-state index is 5.73. The molecule has 13 heavy (non-hydrogen) atoms. The first-order valence-corrected chi connectivity index (χ1v) is 4.47. The summed E-state index contributed by atoms with van der Waals surface area (Å²) in [7, 11) is 1.88. The second-order valence-corrected chi connectivity index (χ2v) is 3.41. The molecule has 0 amide bonds. The van der Waals surface area contributed by atoms with Gasteiger partial charge in [0.2, 0.25) is 0 Å². The summed E-state index contributed by atoms with van der Waals surface area (Å²) in [6.07, 6.45) is 1.64. The lowest BCUT2D eigenvalue weighted by atomic mass is 10.1. The van der Waals surface area contributed by atoms with Crippen LogP contribution in [-0.4, -0.2) is 12.0 Å². The first-order chi connectivity index (χ1) is 6.15. The largest absolute Gasteiger partial charge is 0.308 e. The van der Waals surface area contributed by atoms with Gasteiger partial charge in [-0.2, -0.15) is 0 Å². The van der Waals surface area contributed by atoms with E-state index in [4.69, 9.17) is 11.6 Å². The Morgan fingerprint density at radius 1 is 1.62 bits per heavy atom. The van der Waals surface area contributed by atoms with E-state index < -0.39 is 0 Å². The lowest BCUT2D eigenvalue weighted by Crippen LogP contribution is -2.18. The van der Waals surface area contributed by atoms with E-state index in [0.717, 1.165) is 11.3 Å². The number of nitrogens with one attached hydrogen (secondary N) is 1. The number of halogens is 1. The van der Waals surface area contributed by atoms with E-state index in [1.807, 2.05) is 26.1 Å². The Balaban J connectivity index is 2.92. The summed E-state index contributed by atoms with van der Waals surface area (Å²) < 4.78 is 0. The third kappa shape index (κ3) is 2.54. The van der Waals surface area contributed by atoms with Gasteiger partial charge >= 0.3 is 0 Å². The highest BCUT2D eigenvalue weighted by Gasteiger charge is 2.09. The van der Waals surface area contributed by atoms with Gasteiger partial charge in [0.05, 0.1) is 16.8 Å². The minimum Gasteiger partial charge on any atom is -0.308 e. The van der Waals surface area contributed by atoms with Crippen molar-refractivity contribution in [1.82, 2.24) is 10.3 Å². The van der Waals surface area contributed by atoms with Crippen LogP contribution in [0, 0.1) is 0 Å². The van der Waals surface area contributed by atoms with Crippen molar-refractivity contribution < 1.29 is 0 Å². The Morgan fingerprint density at radius 3 is 2.69 bits per heavy atom. The molecular formula is C10H13ClN2. The molecule has 1 unspecified atom stereocenters. The van der Waals surface area contributed by atoms with Crippen LogP contribution < -0.4 is 5.32 Å². The van der Waals surface area contributed by atoms with Gasteiger partial charge in [-0.25, -0.2) is 0 Å². The van der Waals surface area contributed by atoms with E-state index in [1.54, 1.807) is 6.20 Å². The molecule has 3 heteroatoms. The number of pyridine rings is 1. The molecule has 0 aliphatic rings. The van der Waals surface area contributed by atoms with Gasteiger partial charge < -0.3 is 5.32 Å². The normalized spacial score (nSPS) is 12.5. The van der Waals surface area contributed by atoms with E-state index in [0.29, 0.717) is 5.02 Å². The average Bonchev–Trinajstić information content (AvgIpc) is 2.09. The van der Waals surface area contributed by atoms with Crippen LogP contribution in [-0.2, 0) is 0 Å². The highest BCUT2D eigenvalue weighted by atomic mass is 35.5. The van der Waals surface area contributed by atoms with Gasteiger partial charge in [-0.1, -0.05) is 23.8 Å². The predicted octanol–water partition coefficient (Wildman–Crippen LogP) is 2.57. The number of hydrogen-bond donors (Lipinski definition) is 1. The third-order valence-corrected chi connectivity index (χ3v) is 2.05. The molecule has 1 rings (SSSR count). The third-order valence-electron chi connectivity index (χ3n) is 1.83. The molecule has 1 N–H and O–H groups in total. The average molecular weight is 197 g/mol. The quantitative estimate of drug-likeness (QED) is 0.752. The molecule has 1 aromatic heterocycles. The second-order valence-electron chi connectivity index (χ2n) is 2.97. The van der Waals surface area contributed by atoms with Crippen molar-refractivity contribution in [3.05, 3.63) is 41.2 Å². The van der Waals surface area contributed by atoms with Crippen LogP contribution in [0.4, 0.5) is 0 Å². The maximum Gasteiger partial charge on any atom is 0.0703 e. The molecule has 0 radical (unpaired) electrons. The van der Waals surface area contributed by atoms with E-state index in [9.17, 15) is 0 Å². The summed E-state index contributed by atoms with van der Waals surface area (Å²) in [4.78, 5) is 4.22. The van der Waals surface area contributed by atoms with Crippen molar-refractivity contribution in [2.24, 2.45) is 0 Å². The number of likely N-dealkylation sites (N-methyl/N-ethyl adjacent to an activating group) is 1. The van der Waals surface area contributed by atoms with Crippen LogP contribution in [0.2, 0.25) is 5.02 Å². The number of hydrogen-bond acceptors (Lipinski definition) is 2. The monoisotopic (exact) mass is 196 g/mol. The van der Waals surface area contributed by atoms with Crippen LogP contribution in [0.15, 0.2) is 30.5 Å². The highest BCUT2D eigenvalue weighted by molar-refractivity contribution is 6.30. The molecule has 0 spiro atoms. The van der Waals surface area contributed by atoms with Crippen LogP contribution >= 0.6 is 11.6 Å². The van der Waals surface area contributed by atoms with Crippen LogP contribution in [0.1, 0.15) is 18.7 Å². The zero-order valence-corrected chi connectivity index (χ0v) is 8.60. The van der Waals surface area contributed by atoms with E-state index >= 15 is 0 Å². The van der Waals surface area contributed by atoms with Gasteiger partial charge in [0.15, 0.2) is 0 Å². The van der Waals surface area contributed by atoms with Gasteiger partial charge in [0, 0.05) is 6.20 Å². The van der Waals surface area contributed by atoms with E-state index in [2.05, 4.69) is 16.9 Å². The molecular weight excluding hydrogens is 184 g/mol. The van der Waals surface area contributed by atoms with Crippen molar-refractivity contribution in [3.8, 4) is 0 Å². The Kier molecular flexibility index (Phi) is 3.46.